The highest BCUT2D eigenvalue weighted by Gasteiger charge is 2.29. The van der Waals surface area contributed by atoms with Crippen molar-refractivity contribution in [1.82, 2.24) is 0 Å². The largest absolute Gasteiger partial charge is 0.478 e. The summed E-state index contributed by atoms with van der Waals surface area (Å²) in [5.41, 5.74) is 4.21. The second kappa shape index (κ2) is 7.49. The molecule has 2 rings (SSSR count). The van der Waals surface area contributed by atoms with Gasteiger partial charge in [0.15, 0.2) is 0 Å². The van der Waals surface area contributed by atoms with E-state index >= 15 is 0 Å². The smallest absolute Gasteiger partial charge is 0.338 e. The molecule has 0 spiro atoms. The van der Waals surface area contributed by atoms with Crippen LogP contribution in [0.3, 0.4) is 0 Å². The first-order valence-corrected chi connectivity index (χ1v) is 7.97. The van der Waals surface area contributed by atoms with Crippen molar-refractivity contribution < 1.29 is 19.5 Å². The molecule has 0 bridgehead atoms. The minimum atomic E-state index is -1.53. The highest BCUT2D eigenvalue weighted by molar-refractivity contribution is 6.54. The maximum atomic E-state index is 12.6. The molecule has 25 heavy (non-hydrogen) atoms. The SMILES string of the molecule is NC(=O)c1ccccc1NC(=O)c1c(Cl)c(Cl)c(Cl)c(Cl)c1C(=O)O. The van der Waals surface area contributed by atoms with Gasteiger partial charge in [0, 0.05) is 0 Å². The number of aromatic carboxylic acids is 1. The Morgan fingerprint density at radius 3 is 1.92 bits per heavy atom. The molecule has 0 aliphatic heterocycles. The average Bonchev–Trinajstić information content (AvgIpc) is 2.55. The lowest BCUT2D eigenvalue weighted by Gasteiger charge is -2.15. The molecule has 2 aromatic carbocycles. The summed E-state index contributed by atoms with van der Waals surface area (Å²) in [7, 11) is 0. The highest BCUT2D eigenvalue weighted by atomic mass is 35.5. The van der Waals surface area contributed by atoms with Crippen molar-refractivity contribution in [1.29, 1.82) is 0 Å². The van der Waals surface area contributed by atoms with Gasteiger partial charge in [-0.05, 0) is 12.1 Å². The van der Waals surface area contributed by atoms with E-state index in [1.807, 2.05) is 0 Å². The Morgan fingerprint density at radius 1 is 0.880 bits per heavy atom. The Kier molecular flexibility index (Phi) is 5.80. The summed E-state index contributed by atoms with van der Waals surface area (Å²) in [5.74, 6) is -3.26. The molecule has 0 unspecified atom stereocenters. The van der Waals surface area contributed by atoms with Crippen LogP contribution in [0, 0.1) is 0 Å². The Bertz CT molecular complexity index is 915. The fourth-order valence-electron chi connectivity index (χ4n) is 2.04. The molecule has 0 heterocycles. The molecule has 0 aliphatic rings. The molecule has 0 fully saturated rings. The summed E-state index contributed by atoms with van der Waals surface area (Å²) in [6.45, 7) is 0. The second-order valence-corrected chi connectivity index (χ2v) is 6.19. The molecule has 0 radical (unpaired) electrons. The summed E-state index contributed by atoms with van der Waals surface area (Å²) in [5, 5.41) is 10.3. The van der Waals surface area contributed by atoms with Gasteiger partial charge in [-0.15, -0.1) is 0 Å². The topological polar surface area (TPSA) is 109 Å². The number of rotatable bonds is 4. The maximum Gasteiger partial charge on any atom is 0.338 e. The Morgan fingerprint density at radius 2 is 1.40 bits per heavy atom. The summed E-state index contributed by atoms with van der Waals surface area (Å²) in [6, 6.07) is 5.88. The fourth-order valence-corrected chi connectivity index (χ4v) is 3.06. The van der Waals surface area contributed by atoms with Crippen molar-refractivity contribution >= 4 is 69.9 Å². The highest BCUT2D eigenvalue weighted by Crippen LogP contribution is 2.41. The third-order valence-electron chi connectivity index (χ3n) is 3.15. The van der Waals surface area contributed by atoms with Gasteiger partial charge < -0.3 is 16.2 Å². The number of carbonyl (C=O) groups is 3. The van der Waals surface area contributed by atoms with E-state index in [2.05, 4.69) is 5.32 Å². The van der Waals surface area contributed by atoms with Crippen LogP contribution >= 0.6 is 46.4 Å². The second-order valence-electron chi connectivity index (χ2n) is 4.68. The predicted molar refractivity (Wildman–Crippen MR) is 96.4 cm³/mol. The van der Waals surface area contributed by atoms with Gasteiger partial charge in [0.2, 0.25) is 0 Å². The normalized spacial score (nSPS) is 10.4. The van der Waals surface area contributed by atoms with Gasteiger partial charge in [0.1, 0.15) is 0 Å². The number of carbonyl (C=O) groups excluding carboxylic acids is 2. The average molecular weight is 422 g/mol. The quantitative estimate of drug-likeness (QED) is 0.503. The fraction of sp³-hybridized carbons (Fsp3) is 0. The molecule has 2 aromatic rings. The van der Waals surface area contributed by atoms with Crippen LogP contribution in [0.25, 0.3) is 0 Å². The monoisotopic (exact) mass is 420 g/mol. The summed E-state index contributed by atoms with van der Waals surface area (Å²) in [6.07, 6.45) is 0. The minimum absolute atomic E-state index is 0.0232. The molecular formula is C15H8Cl4N2O4. The van der Waals surface area contributed by atoms with Crippen LogP contribution in [-0.2, 0) is 0 Å². The number of nitrogens with one attached hydrogen (secondary N) is 1. The Balaban J connectivity index is 2.62. The molecule has 0 saturated carbocycles. The summed E-state index contributed by atoms with van der Waals surface area (Å²) in [4.78, 5) is 35.5. The number of hydrogen-bond acceptors (Lipinski definition) is 3. The molecule has 2 amide bonds. The first-order chi connectivity index (χ1) is 11.7. The van der Waals surface area contributed by atoms with E-state index in [1.165, 1.54) is 12.1 Å². The zero-order chi connectivity index (χ0) is 18.9. The van der Waals surface area contributed by atoms with Gasteiger partial charge in [-0.3, -0.25) is 9.59 Å². The van der Waals surface area contributed by atoms with Gasteiger partial charge in [0.05, 0.1) is 42.5 Å². The first kappa shape index (κ1) is 19.3. The molecule has 10 heteroatoms. The van der Waals surface area contributed by atoms with Gasteiger partial charge >= 0.3 is 5.97 Å². The molecule has 0 aliphatic carbocycles. The van der Waals surface area contributed by atoms with Crippen LogP contribution in [0.5, 0.6) is 0 Å². The number of hydrogen-bond donors (Lipinski definition) is 3. The number of nitrogens with two attached hydrogens (primary N) is 1. The number of amides is 2. The standard InChI is InChI=1S/C15H8Cl4N2O4/c16-9-7(8(15(24)25)10(17)12(19)11(9)18)14(23)21-6-4-2-1-3-5(6)13(20)22/h1-4H,(H2,20,22)(H,21,23)(H,24,25). The number of halogens is 4. The molecule has 130 valence electrons. The van der Waals surface area contributed by atoms with Crippen LogP contribution in [0.15, 0.2) is 24.3 Å². The lowest BCUT2D eigenvalue weighted by Crippen LogP contribution is -2.21. The lowest BCUT2D eigenvalue weighted by molar-refractivity contribution is 0.0692. The van der Waals surface area contributed by atoms with E-state index in [1.54, 1.807) is 12.1 Å². The van der Waals surface area contributed by atoms with E-state index in [0.29, 0.717) is 0 Å². The zero-order valence-electron chi connectivity index (χ0n) is 12.1. The summed E-state index contributed by atoms with van der Waals surface area (Å²) >= 11 is 23.6. The third-order valence-corrected chi connectivity index (χ3v) is 4.95. The number of anilines is 1. The predicted octanol–water partition coefficient (Wildman–Crippen LogP) is 4.35. The first-order valence-electron chi connectivity index (χ1n) is 6.46. The van der Waals surface area contributed by atoms with Gasteiger partial charge in [-0.1, -0.05) is 58.5 Å². The minimum Gasteiger partial charge on any atom is -0.478 e. The van der Waals surface area contributed by atoms with E-state index < -0.39 is 33.9 Å². The molecule has 4 N–H and O–H groups in total. The van der Waals surface area contributed by atoms with Crippen molar-refractivity contribution in [2.45, 2.75) is 0 Å². The van der Waals surface area contributed by atoms with Crippen molar-refractivity contribution in [3.8, 4) is 0 Å². The Labute approximate surface area is 161 Å². The molecule has 6 nitrogen and oxygen atoms in total. The van der Waals surface area contributed by atoms with Gasteiger partial charge in [-0.25, -0.2) is 4.79 Å². The van der Waals surface area contributed by atoms with Crippen molar-refractivity contribution in [2.24, 2.45) is 5.73 Å². The third kappa shape index (κ3) is 3.67. The number of carboxylic acid groups (broad SMARTS) is 1. The van der Waals surface area contributed by atoms with Crippen molar-refractivity contribution in [2.75, 3.05) is 5.32 Å². The number of benzene rings is 2. The molecule has 0 saturated heterocycles. The zero-order valence-corrected chi connectivity index (χ0v) is 15.1. The number of carboxylic acids is 1. The number of primary amides is 1. The van der Waals surface area contributed by atoms with Crippen LogP contribution in [0.1, 0.15) is 31.1 Å². The molecule has 0 atom stereocenters. The lowest BCUT2D eigenvalue weighted by atomic mass is 10.1. The van der Waals surface area contributed by atoms with Crippen molar-refractivity contribution in [3.63, 3.8) is 0 Å². The van der Waals surface area contributed by atoms with Crippen molar-refractivity contribution in [3.05, 3.63) is 61.0 Å². The van der Waals surface area contributed by atoms with Crippen LogP contribution < -0.4 is 11.1 Å². The van der Waals surface area contributed by atoms with E-state index in [0.717, 1.165) is 0 Å². The van der Waals surface area contributed by atoms with E-state index in [4.69, 9.17) is 52.1 Å². The summed E-state index contributed by atoms with van der Waals surface area (Å²) < 4.78 is 0. The van der Waals surface area contributed by atoms with E-state index in [-0.39, 0.29) is 26.3 Å². The van der Waals surface area contributed by atoms with Gasteiger partial charge in [0.25, 0.3) is 11.8 Å². The maximum absolute atomic E-state index is 12.6. The van der Waals surface area contributed by atoms with Crippen LogP contribution in [0.4, 0.5) is 5.69 Å². The Hall–Kier alpha value is -1.99. The van der Waals surface area contributed by atoms with Crippen LogP contribution in [-0.4, -0.2) is 22.9 Å². The molecular weight excluding hydrogens is 414 g/mol. The number of para-hydroxylation sites is 1. The molecule has 0 aromatic heterocycles. The van der Waals surface area contributed by atoms with Crippen LogP contribution in [0.2, 0.25) is 20.1 Å². The van der Waals surface area contributed by atoms with Gasteiger partial charge in [-0.2, -0.15) is 0 Å². The van der Waals surface area contributed by atoms with E-state index in [9.17, 15) is 19.5 Å².